The van der Waals surface area contributed by atoms with E-state index in [-0.39, 0.29) is 24.0 Å². The standard InChI is InChI=1S/C12H19NO4/c1-7(10-3-2-6-17-10)13-11(14)8-4-5-9(8)12(15)16/h7-10H,2-6H2,1H3,(H,13,14)(H,15,16). The first-order chi connectivity index (χ1) is 8.09. The zero-order chi connectivity index (χ0) is 12.4. The van der Waals surface area contributed by atoms with Gasteiger partial charge in [-0.2, -0.15) is 0 Å². The Hall–Kier alpha value is -1.10. The van der Waals surface area contributed by atoms with Gasteiger partial charge in [-0.05, 0) is 32.6 Å². The smallest absolute Gasteiger partial charge is 0.307 e. The quantitative estimate of drug-likeness (QED) is 0.762. The molecular formula is C12H19NO4. The first-order valence-corrected chi connectivity index (χ1v) is 6.24. The van der Waals surface area contributed by atoms with Gasteiger partial charge in [0.1, 0.15) is 0 Å². The molecule has 0 aromatic carbocycles. The van der Waals surface area contributed by atoms with Crippen LogP contribution in [0.2, 0.25) is 0 Å². The number of carboxylic acids is 1. The molecule has 0 spiro atoms. The summed E-state index contributed by atoms with van der Waals surface area (Å²) in [5, 5.41) is 11.8. The number of nitrogens with one attached hydrogen (secondary N) is 1. The Balaban J connectivity index is 1.82. The Morgan fingerprint density at radius 2 is 2.00 bits per heavy atom. The molecule has 0 aromatic heterocycles. The summed E-state index contributed by atoms with van der Waals surface area (Å²) < 4.78 is 5.49. The van der Waals surface area contributed by atoms with Crippen LogP contribution in [0.4, 0.5) is 0 Å². The van der Waals surface area contributed by atoms with Gasteiger partial charge in [0, 0.05) is 6.61 Å². The van der Waals surface area contributed by atoms with E-state index in [4.69, 9.17) is 9.84 Å². The van der Waals surface area contributed by atoms with Crippen molar-refractivity contribution in [2.24, 2.45) is 11.8 Å². The highest BCUT2D eigenvalue weighted by Gasteiger charge is 2.42. The Morgan fingerprint density at radius 3 is 2.47 bits per heavy atom. The number of carboxylic acid groups (broad SMARTS) is 1. The lowest BCUT2D eigenvalue weighted by atomic mass is 9.73. The van der Waals surface area contributed by atoms with Crippen LogP contribution < -0.4 is 5.32 Å². The summed E-state index contributed by atoms with van der Waals surface area (Å²) in [6.45, 7) is 2.67. The normalized spacial score (nSPS) is 33.8. The fourth-order valence-electron chi connectivity index (χ4n) is 2.53. The highest BCUT2D eigenvalue weighted by molar-refractivity contribution is 5.86. The van der Waals surface area contributed by atoms with Crippen molar-refractivity contribution in [1.82, 2.24) is 5.32 Å². The average Bonchev–Trinajstić information content (AvgIpc) is 2.66. The van der Waals surface area contributed by atoms with Crippen molar-refractivity contribution in [3.8, 4) is 0 Å². The van der Waals surface area contributed by atoms with Crippen LogP contribution in [0.25, 0.3) is 0 Å². The summed E-state index contributed by atoms with van der Waals surface area (Å²) in [4.78, 5) is 22.7. The molecule has 1 saturated carbocycles. The molecule has 5 heteroatoms. The maximum absolute atomic E-state index is 11.9. The minimum atomic E-state index is -0.860. The SMILES string of the molecule is CC(NC(=O)C1CCC1C(=O)O)C1CCCO1. The van der Waals surface area contributed by atoms with Gasteiger partial charge in [0.25, 0.3) is 0 Å². The van der Waals surface area contributed by atoms with Crippen LogP contribution in [0.15, 0.2) is 0 Å². The predicted octanol–water partition coefficient (Wildman–Crippen LogP) is 0.781. The molecule has 0 radical (unpaired) electrons. The minimum absolute atomic E-state index is 0.0277. The van der Waals surface area contributed by atoms with Crippen molar-refractivity contribution in [2.45, 2.75) is 44.8 Å². The fourth-order valence-corrected chi connectivity index (χ4v) is 2.53. The second-order valence-electron chi connectivity index (χ2n) is 4.98. The Bertz CT molecular complexity index is 312. The molecule has 4 atom stereocenters. The molecule has 5 nitrogen and oxygen atoms in total. The Morgan fingerprint density at radius 1 is 1.29 bits per heavy atom. The van der Waals surface area contributed by atoms with Gasteiger partial charge >= 0.3 is 5.97 Å². The highest BCUT2D eigenvalue weighted by Crippen LogP contribution is 2.34. The lowest BCUT2D eigenvalue weighted by Crippen LogP contribution is -2.49. The third-order valence-electron chi connectivity index (χ3n) is 3.82. The van der Waals surface area contributed by atoms with Crippen molar-refractivity contribution in [3.05, 3.63) is 0 Å². The highest BCUT2D eigenvalue weighted by atomic mass is 16.5. The molecule has 2 N–H and O–H groups in total. The molecule has 2 fully saturated rings. The van der Waals surface area contributed by atoms with Crippen molar-refractivity contribution in [2.75, 3.05) is 6.61 Å². The largest absolute Gasteiger partial charge is 0.481 e. The summed E-state index contributed by atoms with van der Waals surface area (Å²) in [5.74, 6) is -1.84. The van der Waals surface area contributed by atoms with E-state index in [9.17, 15) is 9.59 Å². The van der Waals surface area contributed by atoms with E-state index in [0.717, 1.165) is 19.4 Å². The first kappa shape index (κ1) is 12.4. The van der Waals surface area contributed by atoms with Crippen LogP contribution in [-0.4, -0.2) is 35.7 Å². The maximum Gasteiger partial charge on any atom is 0.307 e. The van der Waals surface area contributed by atoms with Gasteiger partial charge in [0.15, 0.2) is 0 Å². The number of hydrogen-bond acceptors (Lipinski definition) is 3. The van der Waals surface area contributed by atoms with Crippen molar-refractivity contribution >= 4 is 11.9 Å². The molecule has 1 aliphatic heterocycles. The number of hydrogen-bond donors (Lipinski definition) is 2. The summed E-state index contributed by atoms with van der Waals surface area (Å²) in [6, 6.07) is -0.0277. The number of carbonyl (C=O) groups excluding carboxylic acids is 1. The molecule has 1 aliphatic carbocycles. The third kappa shape index (κ3) is 2.60. The second kappa shape index (κ2) is 5.04. The number of carbonyl (C=O) groups is 2. The van der Waals surface area contributed by atoms with Crippen LogP contribution in [0.1, 0.15) is 32.6 Å². The van der Waals surface area contributed by atoms with Gasteiger partial charge in [-0.1, -0.05) is 0 Å². The summed E-state index contributed by atoms with van der Waals surface area (Å²) >= 11 is 0. The van der Waals surface area contributed by atoms with E-state index >= 15 is 0 Å². The van der Waals surface area contributed by atoms with E-state index in [1.165, 1.54) is 0 Å². The molecule has 17 heavy (non-hydrogen) atoms. The topological polar surface area (TPSA) is 75.6 Å². The molecule has 2 aliphatic rings. The summed E-state index contributed by atoms with van der Waals surface area (Å²) in [7, 11) is 0. The van der Waals surface area contributed by atoms with E-state index in [0.29, 0.717) is 12.8 Å². The second-order valence-corrected chi connectivity index (χ2v) is 4.98. The Labute approximate surface area is 101 Å². The molecular weight excluding hydrogens is 222 g/mol. The predicted molar refractivity (Wildman–Crippen MR) is 60.4 cm³/mol. The van der Waals surface area contributed by atoms with E-state index in [1.54, 1.807) is 0 Å². The summed E-state index contributed by atoms with van der Waals surface area (Å²) in [5.41, 5.74) is 0. The fraction of sp³-hybridized carbons (Fsp3) is 0.833. The number of amides is 1. The first-order valence-electron chi connectivity index (χ1n) is 6.24. The zero-order valence-electron chi connectivity index (χ0n) is 10.0. The lowest BCUT2D eigenvalue weighted by molar-refractivity contribution is -0.153. The van der Waals surface area contributed by atoms with E-state index in [2.05, 4.69) is 5.32 Å². The van der Waals surface area contributed by atoms with Crippen LogP contribution in [0, 0.1) is 11.8 Å². The van der Waals surface area contributed by atoms with E-state index in [1.807, 2.05) is 6.92 Å². The number of ether oxygens (including phenoxy) is 1. The van der Waals surface area contributed by atoms with Gasteiger partial charge in [-0.25, -0.2) is 0 Å². The minimum Gasteiger partial charge on any atom is -0.481 e. The Kier molecular flexibility index (Phi) is 3.66. The average molecular weight is 241 g/mol. The molecule has 1 amide bonds. The van der Waals surface area contributed by atoms with Crippen LogP contribution in [0.5, 0.6) is 0 Å². The molecule has 4 unspecified atom stereocenters. The molecule has 0 aromatic rings. The molecule has 2 rings (SSSR count). The maximum atomic E-state index is 11.9. The summed E-state index contributed by atoms with van der Waals surface area (Å²) in [6.07, 6.45) is 3.38. The molecule has 96 valence electrons. The van der Waals surface area contributed by atoms with Gasteiger partial charge in [0.05, 0.1) is 24.0 Å². The van der Waals surface area contributed by atoms with Crippen molar-refractivity contribution in [1.29, 1.82) is 0 Å². The molecule has 1 heterocycles. The molecule has 0 bridgehead atoms. The van der Waals surface area contributed by atoms with Gasteiger partial charge in [-0.3, -0.25) is 9.59 Å². The van der Waals surface area contributed by atoms with Crippen LogP contribution >= 0.6 is 0 Å². The van der Waals surface area contributed by atoms with Gasteiger partial charge in [0.2, 0.25) is 5.91 Å². The molecule has 1 saturated heterocycles. The van der Waals surface area contributed by atoms with Crippen LogP contribution in [0.3, 0.4) is 0 Å². The van der Waals surface area contributed by atoms with Gasteiger partial charge < -0.3 is 15.2 Å². The zero-order valence-corrected chi connectivity index (χ0v) is 10.0. The van der Waals surface area contributed by atoms with Crippen LogP contribution in [-0.2, 0) is 14.3 Å². The lowest BCUT2D eigenvalue weighted by Gasteiger charge is -2.33. The van der Waals surface area contributed by atoms with Crippen molar-refractivity contribution in [3.63, 3.8) is 0 Å². The monoisotopic (exact) mass is 241 g/mol. The van der Waals surface area contributed by atoms with Crippen molar-refractivity contribution < 1.29 is 19.4 Å². The van der Waals surface area contributed by atoms with Gasteiger partial charge in [-0.15, -0.1) is 0 Å². The third-order valence-corrected chi connectivity index (χ3v) is 3.82. The number of aliphatic carboxylic acids is 1. The number of rotatable bonds is 4. The van der Waals surface area contributed by atoms with E-state index < -0.39 is 11.9 Å².